The van der Waals surface area contributed by atoms with Crippen LogP contribution >= 0.6 is 0 Å². The van der Waals surface area contributed by atoms with Crippen LogP contribution in [0.3, 0.4) is 0 Å². The lowest BCUT2D eigenvalue weighted by atomic mass is 10.0. The van der Waals surface area contributed by atoms with Crippen molar-refractivity contribution in [2.75, 3.05) is 29.9 Å². The van der Waals surface area contributed by atoms with Gasteiger partial charge in [-0.2, -0.15) is 5.10 Å². The number of carbonyl (C=O) groups is 2. The Morgan fingerprint density at radius 2 is 1.84 bits per heavy atom. The van der Waals surface area contributed by atoms with E-state index in [2.05, 4.69) is 15.2 Å². The van der Waals surface area contributed by atoms with E-state index in [0.717, 1.165) is 24.9 Å². The summed E-state index contributed by atoms with van der Waals surface area (Å²) in [5, 5.41) is 8.65. The molecule has 2 aliphatic rings. The summed E-state index contributed by atoms with van der Waals surface area (Å²) in [6.07, 6.45) is 5.46. The third-order valence-electron chi connectivity index (χ3n) is 8.27. The molecule has 3 N–H and O–H groups in total. The minimum Gasteiger partial charge on any atom is -0.444 e. The molecule has 0 bridgehead atoms. The van der Waals surface area contributed by atoms with Gasteiger partial charge in [-0.1, -0.05) is 0 Å². The fraction of sp³-hybridized carbons (Fsp3) is 0.500. The number of fused-ring (bicyclic) bond motifs is 2. The largest absolute Gasteiger partial charge is 0.444 e. The van der Waals surface area contributed by atoms with Gasteiger partial charge < -0.3 is 29.8 Å². The highest BCUT2D eigenvalue weighted by molar-refractivity contribution is 6.11. The molecule has 0 spiro atoms. The number of amides is 2. The molecule has 3 atom stereocenters. The van der Waals surface area contributed by atoms with Crippen LogP contribution in [0.4, 0.5) is 26.4 Å². The van der Waals surface area contributed by atoms with Gasteiger partial charge in [0.2, 0.25) is 5.91 Å². The van der Waals surface area contributed by atoms with Gasteiger partial charge in [0.15, 0.2) is 23.5 Å². The van der Waals surface area contributed by atoms with Crippen molar-refractivity contribution in [2.45, 2.75) is 84.7 Å². The molecule has 45 heavy (non-hydrogen) atoms. The topological polar surface area (TPSA) is 132 Å². The van der Waals surface area contributed by atoms with Crippen molar-refractivity contribution in [3.63, 3.8) is 0 Å². The molecule has 4 aromatic rings. The molecular formula is C32H41FN8O4. The van der Waals surface area contributed by atoms with Gasteiger partial charge in [-0.3, -0.25) is 9.69 Å². The van der Waals surface area contributed by atoms with Crippen LogP contribution in [0.25, 0.3) is 16.6 Å². The Balaban J connectivity index is 1.41. The van der Waals surface area contributed by atoms with E-state index in [9.17, 15) is 14.0 Å². The van der Waals surface area contributed by atoms with E-state index in [0.29, 0.717) is 47.8 Å². The number of piperazine rings is 1. The highest BCUT2D eigenvalue weighted by Crippen LogP contribution is 2.38. The Morgan fingerprint density at radius 1 is 1.11 bits per heavy atom. The van der Waals surface area contributed by atoms with Crippen LogP contribution < -0.4 is 16.0 Å². The number of aromatic nitrogens is 4. The second-order valence-electron chi connectivity index (χ2n) is 13.2. The molecule has 1 aromatic carbocycles. The third kappa shape index (κ3) is 6.00. The van der Waals surface area contributed by atoms with Gasteiger partial charge in [0.1, 0.15) is 5.60 Å². The van der Waals surface area contributed by atoms with E-state index in [1.54, 1.807) is 39.4 Å². The Bertz CT molecular complexity index is 1760. The molecule has 6 rings (SSSR count). The van der Waals surface area contributed by atoms with Gasteiger partial charge in [-0.25, -0.2) is 18.9 Å². The van der Waals surface area contributed by atoms with Crippen molar-refractivity contribution in [1.29, 1.82) is 0 Å². The first-order valence-electron chi connectivity index (χ1n) is 15.4. The summed E-state index contributed by atoms with van der Waals surface area (Å²) in [6, 6.07) is 4.81. The summed E-state index contributed by atoms with van der Waals surface area (Å²) in [5.41, 5.74) is 8.49. The summed E-state index contributed by atoms with van der Waals surface area (Å²) in [4.78, 5) is 34.2. The van der Waals surface area contributed by atoms with E-state index in [1.807, 2.05) is 40.7 Å². The molecule has 2 aliphatic heterocycles. The van der Waals surface area contributed by atoms with Crippen LogP contribution in [0.5, 0.6) is 0 Å². The lowest BCUT2D eigenvalue weighted by Gasteiger charge is -2.45. The fourth-order valence-corrected chi connectivity index (χ4v) is 6.45. The monoisotopic (exact) mass is 620 g/mol. The third-order valence-corrected chi connectivity index (χ3v) is 8.27. The number of hydrogen-bond acceptors (Lipinski definition) is 8. The Labute approximate surface area is 261 Å². The maximum Gasteiger partial charge on any atom is 0.410 e. The summed E-state index contributed by atoms with van der Waals surface area (Å²) in [5.74, 6) is -0.736. The van der Waals surface area contributed by atoms with Gasteiger partial charge in [0.25, 0.3) is 0 Å². The number of ether oxygens (including phenoxy) is 2. The van der Waals surface area contributed by atoms with E-state index >= 15 is 0 Å². The highest BCUT2D eigenvalue weighted by Gasteiger charge is 2.36. The van der Waals surface area contributed by atoms with Gasteiger partial charge in [-0.15, -0.1) is 0 Å². The predicted molar refractivity (Wildman–Crippen MR) is 169 cm³/mol. The molecule has 0 aliphatic carbocycles. The van der Waals surface area contributed by atoms with Crippen LogP contribution in [0.15, 0.2) is 30.6 Å². The zero-order valence-electron chi connectivity index (χ0n) is 26.6. The van der Waals surface area contributed by atoms with Crippen LogP contribution in [0.2, 0.25) is 0 Å². The number of pyridine rings is 1. The summed E-state index contributed by atoms with van der Waals surface area (Å²) in [7, 11) is 0. The van der Waals surface area contributed by atoms with Crippen molar-refractivity contribution in [2.24, 2.45) is 5.73 Å². The van der Waals surface area contributed by atoms with Crippen molar-refractivity contribution < 1.29 is 23.5 Å². The first-order chi connectivity index (χ1) is 21.3. The number of nitrogens with two attached hydrogens (primary N) is 1. The maximum atomic E-state index is 15.0. The van der Waals surface area contributed by atoms with Crippen molar-refractivity contribution in [1.82, 2.24) is 24.1 Å². The van der Waals surface area contributed by atoms with Crippen molar-refractivity contribution in [3.8, 4) is 0 Å². The van der Waals surface area contributed by atoms with Crippen LogP contribution in [0.1, 0.15) is 76.2 Å². The number of rotatable bonds is 5. The zero-order valence-corrected chi connectivity index (χ0v) is 26.6. The lowest BCUT2D eigenvalue weighted by Crippen LogP contribution is -2.59. The molecule has 2 saturated heterocycles. The average Bonchev–Trinajstić information content (AvgIpc) is 3.51. The summed E-state index contributed by atoms with van der Waals surface area (Å²) < 4.78 is 30.2. The first kappa shape index (κ1) is 30.6. The molecule has 0 saturated carbocycles. The molecular weight excluding hydrogens is 579 g/mol. The molecule has 5 heterocycles. The number of aryl methyl sites for hydroxylation is 1. The predicted octanol–water partition coefficient (Wildman–Crippen LogP) is 5.51. The zero-order chi connectivity index (χ0) is 32.2. The van der Waals surface area contributed by atoms with E-state index in [1.165, 1.54) is 6.07 Å². The number of halogens is 1. The Morgan fingerprint density at radius 3 is 2.49 bits per heavy atom. The normalized spacial score (nSPS) is 21.0. The molecule has 12 nitrogen and oxygen atoms in total. The molecule has 2 amide bonds. The SMILES string of the molecule is Cc1cn2cc(Nc3nn(C4CCCCO4)c4cc(N5C[C@H](C)N(C(=O)OC(C)(C)C)[C@@H](C)C5)cc(C(N)=O)c34)cc(F)c2n1. The fourth-order valence-electron chi connectivity index (χ4n) is 6.45. The minimum absolute atomic E-state index is 0.156. The second kappa shape index (κ2) is 11.5. The number of primary amides is 1. The Kier molecular flexibility index (Phi) is 7.84. The molecule has 240 valence electrons. The van der Waals surface area contributed by atoms with Crippen LogP contribution in [-0.4, -0.2) is 73.4 Å². The smallest absolute Gasteiger partial charge is 0.410 e. The number of carbonyl (C=O) groups excluding carboxylic acids is 2. The van der Waals surface area contributed by atoms with Gasteiger partial charge in [-0.05, 0) is 72.9 Å². The van der Waals surface area contributed by atoms with Gasteiger partial charge >= 0.3 is 6.09 Å². The molecule has 0 radical (unpaired) electrons. The van der Waals surface area contributed by atoms with Gasteiger partial charge in [0.05, 0.1) is 39.9 Å². The van der Waals surface area contributed by atoms with E-state index in [-0.39, 0.29) is 35.6 Å². The van der Waals surface area contributed by atoms with Crippen LogP contribution in [0, 0.1) is 12.7 Å². The number of anilines is 3. The lowest BCUT2D eigenvalue weighted by molar-refractivity contribution is -0.0365. The molecule has 2 fully saturated rings. The molecule has 3 aromatic heterocycles. The van der Waals surface area contributed by atoms with Crippen LogP contribution in [-0.2, 0) is 9.47 Å². The van der Waals surface area contributed by atoms with Crippen molar-refractivity contribution in [3.05, 3.63) is 47.7 Å². The number of benzene rings is 1. The summed E-state index contributed by atoms with van der Waals surface area (Å²) in [6.45, 7) is 13.0. The number of imidazole rings is 1. The quantitative estimate of drug-likeness (QED) is 0.299. The van der Waals surface area contributed by atoms with Crippen molar-refractivity contribution >= 4 is 45.7 Å². The number of nitrogens with zero attached hydrogens (tertiary/aromatic N) is 6. The first-order valence-corrected chi connectivity index (χ1v) is 15.4. The second-order valence-corrected chi connectivity index (χ2v) is 13.2. The number of nitrogens with one attached hydrogen (secondary N) is 1. The maximum absolute atomic E-state index is 15.0. The molecule has 13 heteroatoms. The van der Waals surface area contributed by atoms with E-state index in [4.69, 9.17) is 20.3 Å². The molecule has 1 unspecified atom stereocenters. The summed E-state index contributed by atoms with van der Waals surface area (Å²) >= 11 is 0. The average molecular weight is 621 g/mol. The standard InChI is InChI=1S/C32H41FN8O4/c1-18-14-39-17-21(11-24(33)30(39)35-18)36-29-27-23(28(34)42)12-22(13-25(27)41(37-29)26-9-7-8-10-44-26)38-15-19(2)40(20(3)16-38)31(43)45-32(4,5)6/h11-14,17,19-20,26H,7-10,15-16H2,1-6H3,(H2,34,42)(H,36,37)/t19-,20-,26?/m0/s1. The highest BCUT2D eigenvalue weighted by atomic mass is 19.1. The van der Waals surface area contributed by atoms with Gasteiger partial charge in [0, 0.05) is 43.8 Å². The minimum atomic E-state index is -0.616. The Hall–Kier alpha value is -4.39. The van der Waals surface area contributed by atoms with E-state index < -0.39 is 17.3 Å². The number of hydrogen-bond donors (Lipinski definition) is 2.